The standard InChI is InChI=1S/C18H17F2NO3/c1-11-4-3-5-12(2)17(11)24-16(22)8-9-21-18(23)14-7-6-13(19)10-15(14)20/h3-7,10H,8-9H2,1-2H3,(H,21,23). The Hall–Kier alpha value is -2.76. The number of esters is 1. The molecule has 1 N–H and O–H groups in total. The van der Waals surface area contributed by atoms with Gasteiger partial charge in [0.05, 0.1) is 12.0 Å². The minimum absolute atomic E-state index is 0.0145. The van der Waals surface area contributed by atoms with Gasteiger partial charge in [-0.05, 0) is 37.1 Å². The van der Waals surface area contributed by atoms with Gasteiger partial charge < -0.3 is 10.1 Å². The Morgan fingerprint density at radius 2 is 1.75 bits per heavy atom. The molecule has 2 aromatic rings. The molecular formula is C18H17F2NO3. The third-order valence-corrected chi connectivity index (χ3v) is 3.42. The predicted molar refractivity (Wildman–Crippen MR) is 84.9 cm³/mol. The molecule has 4 nitrogen and oxygen atoms in total. The van der Waals surface area contributed by atoms with E-state index in [4.69, 9.17) is 4.74 Å². The van der Waals surface area contributed by atoms with Crippen LogP contribution in [-0.4, -0.2) is 18.4 Å². The summed E-state index contributed by atoms with van der Waals surface area (Å²) in [6, 6.07) is 8.19. The van der Waals surface area contributed by atoms with E-state index in [0.717, 1.165) is 23.3 Å². The van der Waals surface area contributed by atoms with Crippen molar-refractivity contribution in [1.29, 1.82) is 0 Å². The Morgan fingerprint density at radius 1 is 1.08 bits per heavy atom. The van der Waals surface area contributed by atoms with E-state index in [1.807, 2.05) is 32.0 Å². The normalized spacial score (nSPS) is 10.3. The first-order valence-corrected chi connectivity index (χ1v) is 7.38. The summed E-state index contributed by atoms with van der Waals surface area (Å²) in [5.41, 5.74) is 1.39. The number of ether oxygens (including phenoxy) is 1. The fourth-order valence-electron chi connectivity index (χ4n) is 2.17. The zero-order valence-electron chi connectivity index (χ0n) is 13.4. The molecule has 6 heteroatoms. The Kier molecular flexibility index (Phi) is 5.63. The average molecular weight is 333 g/mol. The van der Waals surface area contributed by atoms with Crippen LogP contribution in [0.1, 0.15) is 27.9 Å². The molecule has 0 heterocycles. The lowest BCUT2D eigenvalue weighted by Gasteiger charge is -2.10. The van der Waals surface area contributed by atoms with Gasteiger partial charge in [0.15, 0.2) is 0 Å². The highest BCUT2D eigenvalue weighted by Crippen LogP contribution is 2.22. The number of carbonyl (C=O) groups excluding carboxylic acids is 2. The van der Waals surface area contributed by atoms with Gasteiger partial charge in [-0.15, -0.1) is 0 Å². The highest BCUT2D eigenvalue weighted by molar-refractivity contribution is 5.94. The molecule has 0 aliphatic heterocycles. The molecule has 0 radical (unpaired) electrons. The molecule has 0 atom stereocenters. The molecule has 126 valence electrons. The molecule has 0 unspecified atom stereocenters. The minimum atomic E-state index is -0.953. The van der Waals surface area contributed by atoms with Gasteiger partial charge in [-0.1, -0.05) is 18.2 Å². The maximum atomic E-state index is 13.5. The molecule has 0 saturated heterocycles. The lowest BCUT2D eigenvalue weighted by Crippen LogP contribution is -2.28. The third kappa shape index (κ3) is 4.38. The summed E-state index contributed by atoms with van der Waals surface area (Å²) in [6.07, 6.45) is -0.0671. The molecule has 0 fully saturated rings. The topological polar surface area (TPSA) is 55.4 Å². The van der Waals surface area contributed by atoms with Crippen LogP contribution in [0.3, 0.4) is 0 Å². The smallest absolute Gasteiger partial charge is 0.312 e. The van der Waals surface area contributed by atoms with Crippen molar-refractivity contribution < 1.29 is 23.1 Å². The highest BCUT2D eigenvalue weighted by atomic mass is 19.1. The van der Waals surface area contributed by atoms with Gasteiger partial charge >= 0.3 is 5.97 Å². The van der Waals surface area contributed by atoms with Crippen molar-refractivity contribution in [2.75, 3.05) is 6.54 Å². The van der Waals surface area contributed by atoms with Crippen molar-refractivity contribution >= 4 is 11.9 Å². The molecule has 2 aromatic carbocycles. The third-order valence-electron chi connectivity index (χ3n) is 3.42. The summed E-state index contributed by atoms with van der Waals surface area (Å²) >= 11 is 0. The summed E-state index contributed by atoms with van der Waals surface area (Å²) in [7, 11) is 0. The van der Waals surface area contributed by atoms with E-state index in [-0.39, 0.29) is 18.5 Å². The second-order valence-corrected chi connectivity index (χ2v) is 5.33. The molecule has 0 spiro atoms. The van der Waals surface area contributed by atoms with Gasteiger partial charge in [0.25, 0.3) is 5.91 Å². The van der Waals surface area contributed by atoms with E-state index in [9.17, 15) is 18.4 Å². The summed E-state index contributed by atoms with van der Waals surface area (Å²) < 4.78 is 31.6. The van der Waals surface area contributed by atoms with Crippen LogP contribution >= 0.6 is 0 Å². The summed E-state index contributed by atoms with van der Waals surface area (Å²) in [5.74, 6) is -2.44. The number of para-hydroxylation sites is 1. The lowest BCUT2D eigenvalue weighted by atomic mass is 10.1. The Morgan fingerprint density at radius 3 is 2.38 bits per heavy atom. The number of nitrogens with one attached hydrogen (secondary N) is 1. The largest absolute Gasteiger partial charge is 0.426 e. The van der Waals surface area contributed by atoms with Crippen molar-refractivity contribution in [2.45, 2.75) is 20.3 Å². The second-order valence-electron chi connectivity index (χ2n) is 5.33. The quantitative estimate of drug-likeness (QED) is 0.675. The van der Waals surface area contributed by atoms with Crippen molar-refractivity contribution in [3.8, 4) is 5.75 Å². The molecule has 0 aliphatic carbocycles. The van der Waals surface area contributed by atoms with Gasteiger partial charge in [-0.25, -0.2) is 8.78 Å². The van der Waals surface area contributed by atoms with Gasteiger partial charge in [0.2, 0.25) is 0 Å². The summed E-state index contributed by atoms with van der Waals surface area (Å²) in [4.78, 5) is 23.6. The summed E-state index contributed by atoms with van der Waals surface area (Å²) in [6.45, 7) is 3.64. The number of hydrogen-bond donors (Lipinski definition) is 1. The number of aryl methyl sites for hydroxylation is 2. The Bertz CT molecular complexity index is 755. The molecule has 0 bridgehead atoms. The van der Waals surface area contributed by atoms with Crippen molar-refractivity contribution in [3.05, 3.63) is 64.7 Å². The molecule has 24 heavy (non-hydrogen) atoms. The van der Waals surface area contributed by atoms with E-state index >= 15 is 0 Å². The molecule has 0 aliphatic rings. The van der Waals surface area contributed by atoms with Crippen LogP contribution in [0.15, 0.2) is 36.4 Å². The first kappa shape index (κ1) is 17.6. The Labute approximate surface area is 138 Å². The first-order chi connectivity index (χ1) is 11.4. The van der Waals surface area contributed by atoms with Crippen molar-refractivity contribution in [3.63, 3.8) is 0 Å². The first-order valence-electron chi connectivity index (χ1n) is 7.38. The van der Waals surface area contributed by atoms with Gasteiger partial charge in [0, 0.05) is 12.6 Å². The summed E-state index contributed by atoms with van der Waals surface area (Å²) in [5, 5.41) is 2.40. The van der Waals surface area contributed by atoms with Gasteiger partial charge in [-0.2, -0.15) is 0 Å². The van der Waals surface area contributed by atoms with E-state index < -0.39 is 23.5 Å². The van der Waals surface area contributed by atoms with Crippen LogP contribution in [0, 0.1) is 25.5 Å². The SMILES string of the molecule is Cc1cccc(C)c1OC(=O)CCNC(=O)c1ccc(F)cc1F. The number of rotatable bonds is 5. The van der Waals surface area contributed by atoms with Crippen molar-refractivity contribution in [2.24, 2.45) is 0 Å². The number of hydrogen-bond acceptors (Lipinski definition) is 3. The van der Waals surface area contributed by atoms with Gasteiger partial charge in [-0.3, -0.25) is 9.59 Å². The monoisotopic (exact) mass is 333 g/mol. The second kappa shape index (κ2) is 7.68. The molecule has 1 amide bonds. The molecule has 0 saturated carbocycles. The van der Waals surface area contributed by atoms with Crippen LogP contribution in [0.25, 0.3) is 0 Å². The number of halogens is 2. The van der Waals surface area contributed by atoms with E-state index in [1.165, 1.54) is 0 Å². The lowest BCUT2D eigenvalue weighted by molar-refractivity contribution is -0.134. The molecule has 2 rings (SSSR count). The van der Waals surface area contributed by atoms with Crippen LogP contribution in [-0.2, 0) is 4.79 Å². The Balaban J connectivity index is 1.87. The fraction of sp³-hybridized carbons (Fsp3) is 0.222. The molecular weight excluding hydrogens is 316 g/mol. The number of benzene rings is 2. The van der Waals surface area contributed by atoms with E-state index in [2.05, 4.69) is 5.32 Å². The van der Waals surface area contributed by atoms with E-state index in [1.54, 1.807) is 0 Å². The van der Waals surface area contributed by atoms with Gasteiger partial charge in [0.1, 0.15) is 17.4 Å². The van der Waals surface area contributed by atoms with E-state index in [0.29, 0.717) is 11.8 Å². The maximum absolute atomic E-state index is 13.5. The van der Waals surface area contributed by atoms with Crippen LogP contribution < -0.4 is 10.1 Å². The zero-order chi connectivity index (χ0) is 17.7. The highest BCUT2D eigenvalue weighted by Gasteiger charge is 2.14. The molecule has 0 aromatic heterocycles. The van der Waals surface area contributed by atoms with Crippen LogP contribution in [0.5, 0.6) is 5.75 Å². The predicted octanol–water partition coefficient (Wildman–Crippen LogP) is 3.31. The van der Waals surface area contributed by atoms with Crippen LogP contribution in [0.4, 0.5) is 8.78 Å². The minimum Gasteiger partial charge on any atom is -0.426 e. The number of carbonyl (C=O) groups is 2. The average Bonchev–Trinajstić information content (AvgIpc) is 2.51. The maximum Gasteiger partial charge on any atom is 0.312 e. The van der Waals surface area contributed by atoms with Crippen molar-refractivity contribution in [1.82, 2.24) is 5.32 Å². The zero-order valence-corrected chi connectivity index (χ0v) is 13.4. The fourth-order valence-corrected chi connectivity index (χ4v) is 2.17. The van der Waals surface area contributed by atoms with Crippen LogP contribution in [0.2, 0.25) is 0 Å². The number of amides is 1.